The van der Waals surface area contributed by atoms with E-state index in [1.165, 1.54) is 0 Å². The molecule has 0 aliphatic carbocycles. The van der Waals surface area contributed by atoms with E-state index in [4.69, 9.17) is 4.74 Å². The number of nitrogens with one attached hydrogen (secondary N) is 2. The third kappa shape index (κ3) is 6.11. The van der Waals surface area contributed by atoms with E-state index in [0.717, 1.165) is 9.13 Å². The Hall–Kier alpha value is -2.23. The molecule has 8 heteroatoms. The zero-order valence-corrected chi connectivity index (χ0v) is 15.2. The van der Waals surface area contributed by atoms with Crippen molar-refractivity contribution in [1.29, 1.82) is 0 Å². The summed E-state index contributed by atoms with van der Waals surface area (Å²) < 4.78 is 6.03. The Morgan fingerprint density at radius 3 is 2.71 bits per heavy atom. The molecule has 2 N–H and O–H groups in total. The summed E-state index contributed by atoms with van der Waals surface area (Å²) in [6, 6.07) is 7.38. The lowest BCUT2D eigenvalue weighted by Gasteiger charge is -2.09. The highest BCUT2D eigenvalue weighted by atomic mass is 127. The van der Waals surface area contributed by atoms with Crippen LogP contribution in [-0.2, 0) is 14.3 Å². The molecular formula is C16H17IN4O3. The molecule has 1 aromatic carbocycles. The molecule has 0 spiro atoms. The van der Waals surface area contributed by atoms with Crippen LogP contribution < -0.4 is 10.6 Å². The number of aromatic nitrogens is 2. The molecule has 0 bridgehead atoms. The van der Waals surface area contributed by atoms with Crippen LogP contribution >= 0.6 is 22.6 Å². The first-order valence-corrected chi connectivity index (χ1v) is 8.35. The number of halogens is 1. The summed E-state index contributed by atoms with van der Waals surface area (Å²) in [7, 11) is 0. The monoisotopic (exact) mass is 440 g/mol. The van der Waals surface area contributed by atoms with Crippen molar-refractivity contribution < 1.29 is 14.3 Å². The Morgan fingerprint density at radius 2 is 2.00 bits per heavy atom. The van der Waals surface area contributed by atoms with Crippen molar-refractivity contribution in [2.75, 3.05) is 23.8 Å². The molecule has 0 atom stereocenters. The third-order valence-electron chi connectivity index (χ3n) is 3.00. The van der Waals surface area contributed by atoms with Crippen molar-refractivity contribution >= 4 is 46.1 Å². The highest BCUT2D eigenvalue weighted by Crippen LogP contribution is 2.17. The average molecular weight is 440 g/mol. The van der Waals surface area contributed by atoms with Crippen LogP contribution in [-0.4, -0.2) is 35.0 Å². The Labute approximate surface area is 153 Å². The highest BCUT2D eigenvalue weighted by Gasteiger charge is 2.09. The maximum atomic E-state index is 11.8. The van der Waals surface area contributed by atoms with E-state index in [0.29, 0.717) is 18.2 Å². The average Bonchev–Trinajstić information content (AvgIpc) is 2.56. The molecule has 2 rings (SSSR count). The van der Waals surface area contributed by atoms with Gasteiger partial charge in [0.1, 0.15) is 0 Å². The predicted molar refractivity (Wildman–Crippen MR) is 98.6 cm³/mol. The SMILES string of the molecule is Cc1cc(I)ccc1NC(=O)COC(=O)CCNc1ncccn1. The number of benzene rings is 1. The summed E-state index contributed by atoms with van der Waals surface area (Å²) in [4.78, 5) is 31.4. The second kappa shape index (κ2) is 9.16. The van der Waals surface area contributed by atoms with Gasteiger partial charge >= 0.3 is 5.97 Å². The number of esters is 1. The van der Waals surface area contributed by atoms with E-state index in [1.54, 1.807) is 18.5 Å². The molecule has 126 valence electrons. The van der Waals surface area contributed by atoms with E-state index in [-0.39, 0.29) is 18.9 Å². The fourth-order valence-corrected chi connectivity index (χ4v) is 2.49. The zero-order chi connectivity index (χ0) is 17.4. The number of ether oxygens (including phenoxy) is 1. The van der Waals surface area contributed by atoms with Gasteiger partial charge in [0.25, 0.3) is 5.91 Å². The second-order valence-electron chi connectivity index (χ2n) is 4.92. The summed E-state index contributed by atoms with van der Waals surface area (Å²) in [5.41, 5.74) is 1.66. The number of amides is 1. The van der Waals surface area contributed by atoms with Gasteiger partial charge in [-0.15, -0.1) is 0 Å². The van der Waals surface area contributed by atoms with E-state index < -0.39 is 5.97 Å². The van der Waals surface area contributed by atoms with Crippen LogP contribution in [0.3, 0.4) is 0 Å². The molecule has 7 nitrogen and oxygen atoms in total. The molecule has 0 saturated carbocycles. The Bertz CT molecular complexity index is 710. The number of carbonyl (C=O) groups is 2. The van der Waals surface area contributed by atoms with Gasteiger partial charge in [0, 0.05) is 28.2 Å². The van der Waals surface area contributed by atoms with Crippen LogP contribution in [0.15, 0.2) is 36.7 Å². The smallest absolute Gasteiger partial charge is 0.308 e. The maximum Gasteiger partial charge on any atom is 0.308 e. The first-order valence-electron chi connectivity index (χ1n) is 7.27. The van der Waals surface area contributed by atoms with Crippen molar-refractivity contribution in [2.45, 2.75) is 13.3 Å². The minimum absolute atomic E-state index is 0.119. The van der Waals surface area contributed by atoms with Gasteiger partial charge in [-0.1, -0.05) is 0 Å². The van der Waals surface area contributed by atoms with Gasteiger partial charge in [-0.05, 0) is 59.3 Å². The number of carbonyl (C=O) groups excluding carboxylic acids is 2. The van der Waals surface area contributed by atoms with E-state index in [9.17, 15) is 9.59 Å². The predicted octanol–water partition coefficient (Wildman–Crippen LogP) is 2.37. The van der Waals surface area contributed by atoms with Crippen LogP contribution in [0, 0.1) is 10.5 Å². The summed E-state index contributed by atoms with van der Waals surface area (Å²) in [6.07, 6.45) is 3.32. The molecule has 2 aromatic rings. The lowest BCUT2D eigenvalue weighted by molar-refractivity contribution is -0.147. The lowest BCUT2D eigenvalue weighted by Crippen LogP contribution is -2.22. The van der Waals surface area contributed by atoms with Gasteiger partial charge in [-0.25, -0.2) is 9.97 Å². The first-order chi connectivity index (χ1) is 11.5. The highest BCUT2D eigenvalue weighted by molar-refractivity contribution is 14.1. The molecule has 1 amide bonds. The Kier molecular flexibility index (Phi) is 6.91. The summed E-state index contributed by atoms with van der Waals surface area (Å²) in [6.45, 7) is 1.92. The normalized spacial score (nSPS) is 10.1. The standard InChI is InChI=1S/C16H17IN4O3/c1-11-9-12(17)3-4-13(11)21-14(22)10-24-15(23)5-8-20-16-18-6-2-7-19-16/h2-4,6-7,9H,5,8,10H2,1H3,(H,21,22)(H,18,19,20). The van der Waals surface area contributed by atoms with Crippen LogP contribution in [0.1, 0.15) is 12.0 Å². The van der Waals surface area contributed by atoms with Crippen molar-refractivity contribution in [1.82, 2.24) is 9.97 Å². The third-order valence-corrected chi connectivity index (χ3v) is 3.68. The van der Waals surface area contributed by atoms with Gasteiger partial charge in [0.15, 0.2) is 6.61 Å². The first kappa shape index (κ1) is 18.1. The van der Waals surface area contributed by atoms with Gasteiger partial charge in [0.2, 0.25) is 5.95 Å². The van der Waals surface area contributed by atoms with Crippen molar-refractivity contribution in [2.24, 2.45) is 0 Å². The van der Waals surface area contributed by atoms with Gasteiger partial charge in [0.05, 0.1) is 6.42 Å². The Morgan fingerprint density at radius 1 is 1.25 bits per heavy atom. The summed E-state index contributed by atoms with van der Waals surface area (Å²) >= 11 is 2.20. The molecule has 0 radical (unpaired) electrons. The second-order valence-corrected chi connectivity index (χ2v) is 6.16. The molecule has 0 unspecified atom stereocenters. The quantitative estimate of drug-likeness (QED) is 0.508. The Balaban J connectivity index is 1.68. The minimum Gasteiger partial charge on any atom is -0.456 e. The number of hydrogen-bond acceptors (Lipinski definition) is 6. The maximum absolute atomic E-state index is 11.8. The molecule has 1 heterocycles. The minimum atomic E-state index is -0.465. The molecule has 0 aliphatic rings. The summed E-state index contributed by atoms with van der Waals surface area (Å²) in [5.74, 6) is -0.392. The van der Waals surface area contributed by atoms with E-state index in [1.807, 2.05) is 25.1 Å². The fraction of sp³-hybridized carbons (Fsp3) is 0.250. The van der Waals surface area contributed by atoms with Gasteiger partial charge < -0.3 is 15.4 Å². The van der Waals surface area contributed by atoms with Crippen LogP contribution in [0.25, 0.3) is 0 Å². The molecule has 0 saturated heterocycles. The van der Waals surface area contributed by atoms with Crippen LogP contribution in [0.5, 0.6) is 0 Å². The van der Waals surface area contributed by atoms with E-state index in [2.05, 4.69) is 43.2 Å². The molecule has 0 fully saturated rings. The number of aryl methyl sites for hydroxylation is 1. The van der Waals surface area contributed by atoms with Crippen molar-refractivity contribution in [3.63, 3.8) is 0 Å². The van der Waals surface area contributed by atoms with Gasteiger partial charge in [-0.2, -0.15) is 0 Å². The number of rotatable bonds is 7. The molecule has 0 aliphatic heterocycles. The van der Waals surface area contributed by atoms with Gasteiger partial charge in [-0.3, -0.25) is 9.59 Å². The largest absolute Gasteiger partial charge is 0.456 e. The number of nitrogens with zero attached hydrogens (tertiary/aromatic N) is 2. The van der Waals surface area contributed by atoms with Crippen molar-refractivity contribution in [3.05, 3.63) is 45.8 Å². The summed E-state index contributed by atoms with van der Waals surface area (Å²) in [5, 5.41) is 5.61. The van der Waals surface area contributed by atoms with E-state index >= 15 is 0 Å². The zero-order valence-electron chi connectivity index (χ0n) is 13.1. The number of hydrogen-bond donors (Lipinski definition) is 2. The molecule has 24 heavy (non-hydrogen) atoms. The topological polar surface area (TPSA) is 93.2 Å². The fourth-order valence-electron chi connectivity index (χ4n) is 1.84. The molecule has 1 aromatic heterocycles. The van der Waals surface area contributed by atoms with Crippen molar-refractivity contribution in [3.8, 4) is 0 Å². The van der Waals surface area contributed by atoms with Crippen LogP contribution in [0.2, 0.25) is 0 Å². The lowest BCUT2D eigenvalue weighted by atomic mass is 10.2. The van der Waals surface area contributed by atoms with Crippen LogP contribution in [0.4, 0.5) is 11.6 Å². The molecular weight excluding hydrogens is 423 g/mol. The number of anilines is 2.